The summed E-state index contributed by atoms with van der Waals surface area (Å²) in [7, 11) is -3.94. The van der Waals surface area contributed by atoms with Crippen molar-refractivity contribution in [3.8, 4) is 5.75 Å². The van der Waals surface area contributed by atoms with E-state index in [4.69, 9.17) is 4.74 Å². The summed E-state index contributed by atoms with van der Waals surface area (Å²) in [5, 5.41) is 10.8. The fourth-order valence-corrected chi connectivity index (χ4v) is 3.54. The van der Waals surface area contributed by atoms with Gasteiger partial charge in [0.1, 0.15) is 5.75 Å². The van der Waals surface area contributed by atoms with Gasteiger partial charge in [-0.1, -0.05) is 18.2 Å². The Morgan fingerprint density at radius 3 is 2.74 bits per heavy atom. The minimum absolute atomic E-state index is 0.167. The van der Waals surface area contributed by atoms with Crippen LogP contribution in [0.2, 0.25) is 0 Å². The monoisotopic (exact) mass is 334 g/mol. The molecule has 7 nitrogen and oxygen atoms in total. The summed E-state index contributed by atoms with van der Waals surface area (Å²) < 4.78 is 33.0. The third kappa shape index (κ3) is 3.11. The van der Waals surface area contributed by atoms with Crippen molar-refractivity contribution in [3.05, 3.63) is 58.1 Å². The van der Waals surface area contributed by atoms with E-state index in [0.717, 1.165) is 24.5 Å². The maximum absolute atomic E-state index is 12.5. The van der Waals surface area contributed by atoms with Crippen LogP contribution >= 0.6 is 0 Å². The summed E-state index contributed by atoms with van der Waals surface area (Å²) in [6.07, 6.45) is 1.70. The number of fused-ring (bicyclic) bond motifs is 1. The van der Waals surface area contributed by atoms with Gasteiger partial charge >= 0.3 is 0 Å². The zero-order valence-corrected chi connectivity index (χ0v) is 12.9. The molecule has 0 unspecified atom stereocenters. The molecule has 8 heteroatoms. The normalized spacial score (nSPS) is 13.7. The molecule has 0 saturated heterocycles. The van der Waals surface area contributed by atoms with Gasteiger partial charge in [0.05, 0.1) is 22.1 Å². The Morgan fingerprint density at radius 1 is 1.17 bits per heavy atom. The van der Waals surface area contributed by atoms with Crippen molar-refractivity contribution < 1.29 is 18.1 Å². The zero-order valence-electron chi connectivity index (χ0n) is 12.1. The fraction of sp³-hybridized carbons (Fsp3) is 0.200. The van der Waals surface area contributed by atoms with Crippen molar-refractivity contribution >= 4 is 21.4 Å². The molecule has 0 spiro atoms. The lowest BCUT2D eigenvalue weighted by Gasteiger charge is -2.20. The lowest BCUT2D eigenvalue weighted by molar-refractivity contribution is -0.385. The summed E-state index contributed by atoms with van der Waals surface area (Å²) in [5.74, 6) is 0.521. The Kier molecular flexibility index (Phi) is 3.91. The van der Waals surface area contributed by atoms with Crippen LogP contribution in [0, 0.1) is 10.1 Å². The number of nitrogens with zero attached hydrogens (tertiary/aromatic N) is 1. The molecule has 120 valence electrons. The van der Waals surface area contributed by atoms with E-state index >= 15 is 0 Å². The molecule has 2 aromatic carbocycles. The van der Waals surface area contributed by atoms with Gasteiger partial charge < -0.3 is 4.74 Å². The molecule has 0 radical (unpaired) electrons. The number of sulfonamides is 1. The van der Waals surface area contributed by atoms with Gasteiger partial charge in [-0.25, -0.2) is 8.42 Å². The molecular formula is C15H14N2O5S. The molecule has 1 N–H and O–H groups in total. The van der Waals surface area contributed by atoms with Crippen molar-refractivity contribution in [2.24, 2.45) is 0 Å². The van der Waals surface area contributed by atoms with Gasteiger partial charge in [-0.2, -0.15) is 0 Å². The number of nitro groups is 1. The Hall–Kier alpha value is -2.61. The fourth-order valence-electron chi connectivity index (χ4n) is 2.44. The van der Waals surface area contributed by atoms with Gasteiger partial charge in [-0.15, -0.1) is 0 Å². The second-order valence-electron chi connectivity index (χ2n) is 5.11. The summed E-state index contributed by atoms with van der Waals surface area (Å²) >= 11 is 0. The lowest BCUT2D eigenvalue weighted by atomic mass is 10.1. The van der Waals surface area contributed by atoms with Crippen LogP contribution in [0.5, 0.6) is 5.75 Å². The Bertz CT molecular complexity index is 864. The van der Waals surface area contributed by atoms with Crippen LogP contribution in [-0.2, 0) is 16.4 Å². The van der Waals surface area contributed by atoms with Crippen molar-refractivity contribution in [1.82, 2.24) is 0 Å². The average Bonchev–Trinajstić information content (AvgIpc) is 2.55. The number of hydrogen-bond acceptors (Lipinski definition) is 5. The number of nitro benzene ring substituents is 1. The topological polar surface area (TPSA) is 98.5 Å². The molecule has 0 aromatic heterocycles. The second-order valence-corrected chi connectivity index (χ2v) is 6.79. The quantitative estimate of drug-likeness (QED) is 0.684. The summed E-state index contributed by atoms with van der Waals surface area (Å²) in [6.45, 7) is 0.530. The second kappa shape index (κ2) is 5.88. The summed E-state index contributed by atoms with van der Waals surface area (Å²) in [4.78, 5) is 10.0. The number of aryl methyl sites for hydroxylation is 1. The van der Waals surface area contributed by atoms with E-state index in [2.05, 4.69) is 4.72 Å². The van der Waals surface area contributed by atoms with Crippen molar-refractivity contribution in [2.75, 3.05) is 11.3 Å². The van der Waals surface area contributed by atoms with Crippen LogP contribution in [0.25, 0.3) is 0 Å². The molecule has 1 aliphatic rings. The lowest BCUT2D eigenvalue weighted by Crippen LogP contribution is -2.16. The van der Waals surface area contributed by atoms with Gasteiger partial charge in [-0.05, 0) is 30.5 Å². The molecule has 1 aliphatic heterocycles. The molecule has 2 aromatic rings. The number of hydrogen-bond donors (Lipinski definition) is 1. The standard InChI is InChI=1S/C15H14N2O5S/c18-17(19)12-6-2-7-13(10-12)23(20,21)16-14-8-1-4-11-5-3-9-22-15(11)14/h1-2,4,6-8,10,16H,3,5,9H2. The largest absolute Gasteiger partial charge is 0.491 e. The number of non-ortho nitro benzene ring substituents is 1. The van der Waals surface area contributed by atoms with E-state index < -0.39 is 14.9 Å². The average molecular weight is 334 g/mol. The molecule has 0 atom stereocenters. The maximum Gasteiger partial charge on any atom is 0.270 e. The first-order valence-electron chi connectivity index (χ1n) is 6.99. The predicted molar refractivity (Wildman–Crippen MR) is 84.2 cm³/mol. The van der Waals surface area contributed by atoms with Crippen LogP contribution in [-0.4, -0.2) is 19.9 Å². The van der Waals surface area contributed by atoms with Gasteiger partial charge in [0.25, 0.3) is 15.7 Å². The van der Waals surface area contributed by atoms with Crippen LogP contribution in [0.3, 0.4) is 0 Å². The highest BCUT2D eigenvalue weighted by Gasteiger charge is 2.21. The number of nitrogens with one attached hydrogen (secondary N) is 1. The van der Waals surface area contributed by atoms with Gasteiger partial charge in [0.15, 0.2) is 0 Å². The van der Waals surface area contributed by atoms with E-state index in [1.54, 1.807) is 12.1 Å². The van der Waals surface area contributed by atoms with Crippen molar-refractivity contribution in [3.63, 3.8) is 0 Å². The summed E-state index contributed by atoms with van der Waals surface area (Å²) in [5.41, 5.74) is 1.00. The van der Waals surface area contributed by atoms with Crippen LogP contribution < -0.4 is 9.46 Å². The Balaban J connectivity index is 1.96. The smallest absolute Gasteiger partial charge is 0.270 e. The van der Waals surface area contributed by atoms with Crippen molar-refractivity contribution in [1.29, 1.82) is 0 Å². The molecule has 3 rings (SSSR count). The van der Waals surface area contributed by atoms with Gasteiger partial charge in [-0.3, -0.25) is 14.8 Å². The number of anilines is 1. The van der Waals surface area contributed by atoms with E-state index in [9.17, 15) is 18.5 Å². The number of benzene rings is 2. The molecule has 0 fully saturated rings. The third-order valence-electron chi connectivity index (χ3n) is 3.52. The van der Waals surface area contributed by atoms with Gasteiger partial charge in [0.2, 0.25) is 0 Å². The number of para-hydroxylation sites is 1. The molecule has 23 heavy (non-hydrogen) atoms. The van der Waals surface area contributed by atoms with E-state index in [1.165, 1.54) is 18.2 Å². The van der Waals surface area contributed by atoms with Crippen molar-refractivity contribution in [2.45, 2.75) is 17.7 Å². The highest BCUT2D eigenvalue weighted by Crippen LogP contribution is 2.34. The molecular weight excluding hydrogens is 320 g/mol. The molecule has 0 amide bonds. The highest BCUT2D eigenvalue weighted by atomic mass is 32.2. The first-order chi connectivity index (χ1) is 11.0. The first-order valence-corrected chi connectivity index (χ1v) is 8.48. The summed E-state index contributed by atoms with van der Waals surface area (Å²) in [6, 6.07) is 10.2. The van der Waals surface area contributed by atoms with Gasteiger partial charge in [0, 0.05) is 12.1 Å². The highest BCUT2D eigenvalue weighted by molar-refractivity contribution is 7.92. The minimum atomic E-state index is -3.94. The SMILES string of the molecule is O=[N+]([O-])c1cccc(S(=O)(=O)Nc2cccc3c2OCCC3)c1. The van der Waals surface area contributed by atoms with E-state index in [-0.39, 0.29) is 10.6 Å². The zero-order chi connectivity index (χ0) is 16.4. The van der Waals surface area contributed by atoms with Crippen LogP contribution in [0.4, 0.5) is 11.4 Å². The Labute approximate surface area is 133 Å². The predicted octanol–water partition coefficient (Wildman–Crippen LogP) is 2.72. The molecule has 0 saturated carbocycles. The van der Waals surface area contributed by atoms with Crippen LogP contribution in [0.1, 0.15) is 12.0 Å². The maximum atomic E-state index is 12.5. The molecule has 1 heterocycles. The first kappa shape index (κ1) is 15.3. The number of ether oxygens (including phenoxy) is 1. The van der Waals surface area contributed by atoms with E-state index in [1.807, 2.05) is 6.07 Å². The Morgan fingerprint density at radius 2 is 1.96 bits per heavy atom. The molecule has 0 bridgehead atoms. The number of rotatable bonds is 4. The third-order valence-corrected chi connectivity index (χ3v) is 4.88. The van der Waals surface area contributed by atoms with E-state index in [0.29, 0.717) is 18.0 Å². The molecule has 0 aliphatic carbocycles. The van der Waals surface area contributed by atoms with Crippen LogP contribution in [0.15, 0.2) is 47.4 Å². The minimum Gasteiger partial charge on any atom is -0.491 e.